The fourth-order valence-electron chi connectivity index (χ4n) is 4.14. The molecule has 1 amide bonds. The van der Waals surface area contributed by atoms with E-state index in [1.807, 2.05) is 14.0 Å². The monoisotopic (exact) mass is 282 g/mol. The summed E-state index contributed by atoms with van der Waals surface area (Å²) in [5.74, 6) is 0.144. The molecule has 4 nitrogen and oxygen atoms in total. The quantitative estimate of drug-likeness (QED) is 0.858. The van der Waals surface area contributed by atoms with Gasteiger partial charge in [-0.15, -0.1) is 0 Å². The first kappa shape index (κ1) is 15.8. The average molecular weight is 282 g/mol. The number of hydrogen-bond donors (Lipinski definition) is 1. The third kappa shape index (κ3) is 3.17. The van der Waals surface area contributed by atoms with Gasteiger partial charge in [0.05, 0.1) is 11.6 Å². The van der Waals surface area contributed by atoms with E-state index in [9.17, 15) is 9.90 Å². The molecular weight excluding hydrogens is 252 g/mol. The second-order valence-corrected chi connectivity index (χ2v) is 7.02. The summed E-state index contributed by atoms with van der Waals surface area (Å²) in [6.45, 7) is 6.90. The summed E-state index contributed by atoms with van der Waals surface area (Å²) in [6, 6.07) is 0.872. The molecule has 1 saturated heterocycles. The SMILES string of the molecule is CC1CCC(C)N1C(C)C(=O)N(C)CC1(O)CCCC1. The number of nitrogens with zero attached hydrogens (tertiary/aromatic N) is 2. The first-order valence-corrected chi connectivity index (χ1v) is 8.09. The summed E-state index contributed by atoms with van der Waals surface area (Å²) in [5.41, 5.74) is -0.646. The molecular formula is C16H30N2O2. The van der Waals surface area contributed by atoms with Gasteiger partial charge in [-0.25, -0.2) is 0 Å². The summed E-state index contributed by atoms with van der Waals surface area (Å²) in [4.78, 5) is 16.7. The van der Waals surface area contributed by atoms with Crippen LogP contribution in [0.3, 0.4) is 0 Å². The van der Waals surface area contributed by atoms with Crippen molar-refractivity contribution in [2.45, 2.75) is 83.0 Å². The highest BCUT2D eigenvalue weighted by Crippen LogP contribution is 2.31. The van der Waals surface area contributed by atoms with Crippen LogP contribution in [0, 0.1) is 0 Å². The van der Waals surface area contributed by atoms with E-state index in [1.54, 1.807) is 4.90 Å². The molecule has 116 valence electrons. The summed E-state index contributed by atoms with van der Waals surface area (Å²) in [5, 5.41) is 10.5. The third-order valence-corrected chi connectivity index (χ3v) is 5.27. The predicted molar refractivity (Wildman–Crippen MR) is 80.5 cm³/mol. The number of carbonyl (C=O) groups excluding carboxylic acids is 1. The van der Waals surface area contributed by atoms with Crippen LogP contribution in [0.1, 0.15) is 59.3 Å². The Balaban J connectivity index is 1.95. The minimum atomic E-state index is -0.646. The van der Waals surface area contributed by atoms with Gasteiger partial charge in [0.15, 0.2) is 0 Å². The largest absolute Gasteiger partial charge is 0.388 e. The van der Waals surface area contributed by atoms with Crippen molar-refractivity contribution < 1.29 is 9.90 Å². The first-order valence-electron chi connectivity index (χ1n) is 8.09. The molecule has 20 heavy (non-hydrogen) atoms. The van der Waals surface area contributed by atoms with Crippen molar-refractivity contribution in [1.82, 2.24) is 9.80 Å². The normalized spacial score (nSPS) is 31.4. The number of amides is 1. The van der Waals surface area contributed by atoms with Crippen LogP contribution in [0.25, 0.3) is 0 Å². The molecule has 0 bridgehead atoms. The summed E-state index contributed by atoms with van der Waals surface area (Å²) in [7, 11) is 1.83. The van der Waals surface area contributed by atoms with Gasteiger partial charge in [0, 0.05) is 25.7 Å². The molecule has 2 rings (SSSR count). The van der Waals surface area contributed by atoms with Crippen LogP contribution in [0.5, 0.6) is 0 Å². The molecule has 1 N–H and O–H groups in total. The molecule has 4 heteroatoms. The van der Waals surface area contributed by atoms with Crippen LogP contribution in [0.2, 0.25) is 0 Å². The van der Waals surface area contributed by atoms with Crippen molar-refractivity contribution in [3.8, 4) is 0 Å². The Bertz CT molecular complexity index is 342. The lowest BCUT2D eigenvalue weighted by atomic mass is 10.0. The summed E-state index contributed by atoms with van der Waals surface area (Å²) >= 11 is 0. The Morgan fingerprint density at radius 2 is 1.80 bits per heavy atom. The minimum Gasteiger partial charge on any atom is -0.388 e. The fourth-order valence-corrected chi connectivity index (χ4v) is 4.14. The number of hydrogen-bond acceptors (Lipinski definition) is 3. The molecule has 1 saturated carbocycles. The molecule has 1 aliphatic carbocycles. The minimum absolute atomic E-state index is 0.0856. The number of carbonyl (C=O) groups is 1. The molecule has 0 aromatic heterocycles. The van der Waals surface area contributed by atoms with Crippen LogP contribution < -0.4 is 0 Å². The number of likely N-dealkylation sites (tertiary alicyclic amines) is 1. The third-order valence-electron chi connectivity index (χ3n) is 5.27. The summed E-state index contributed by atoms with van der Waals surface area (Å²) < 4.78 is 0. The molecule has 1 heterocycles. The first-order chi connectivity index (χ1) is 9.34. The number of aliphatic hydroxyl groups is 1. The maximum Gasteiger partial charge on any atom is 0.239 e. The van der Waals surface area contributed by atoms with E-state index in [1.165, 1.54) is 12.8 Å². The molecule has 2 fully saturated rings. The Morgan fingerprint density at radius 3 is 2.30 bits per heavy atom. The summed E-state index contributed by atoms with van der Waals surface area (Å²) in [6.07, 6.45) is 6.16. The van der Waals surface area contributed by atoms with E-state index >= 15 is 0 Å². The van der Waals surface area contributed by atoms with E-state index < -0.39 is 5.60 Å². The Morgan fingerprint density at radius 1 is 1.30 bits per heavy atom. The standard InChI is InChI=1S/C16H30N2O2/c1-12-7-8-13(2)18(12)14(3)15(19)17(4)11-16(20)9-5-6-10-16/h12-14,20H,5-11H2,1-4H3. The number of rotatable bonds is 4. The van der Waals surface area contributed by atoms with Gasteiger partial charge in [-0.1, -0.05) is 12.8 Å². The highest BCUT2D eigenvalue weighted by Gasteiger charge is 2.38. The van der Waals surface area contributed by atoms with Crippen LogP contribution in [-0.4, -0.2) is 58.1 Å². The lowest BCUT2D eigenvalue weighted by Crippen LogP contribution is -2.52. The van der Waals surface area contributed by atoms with Gasteiger partial charge in [-0.3, -0.25) is 9.69 Å². The topological polar surface area (TPSA) is 43.8 Å². The Hall–Kier alpha value is -0.610. The maximum atomic E-state index is 12.6. The highest BCUT2D eigenvalue weighted by atomic mass is 16.3. The van der Waals surface area contributed by atoms with Gasteiger partial charge in [0.25, 0.3) is 0 Å². The fraction of sp³-hybridized carbons (Fsp3) is 0.938. The average Bonchev–Trinajstić information content (AvgIpc) is 2.94. The van der Waals surface area contributed by atoms with Crippen molar-refractivity contribution in [3.63, 3.8) is 0 Å². The lowest BCUT2D eigenvalue weighted by molar-refractivity contribution is -0.139. The molecule has 0 spiro atoms. The molecule has 0 aromatic carbocycles. The maximum absolute atomic E-state index is 12.6. The molecule has 1 aliphatic heterocycles. The molecule has 3 unspecified atom stereocenters. The van der Waals surface area contributed by atoms with Crippen LogP contribution in [0.4, 0.5) is 0 Å². The molecule has 2 aliphatic rings. The van der Waals surface area contributed by atoms with Gasteiger partial charge >= 0.3 is 0 Å². The van der Waals surface area contributed by atoms with E-state index in [2.05, 4.69) is 18.7 Å². The van der Waals surface area contributed by atoms with Crippen molar-refractivity contribution in [2.24, 2.45) is 0 Å². The van der Waals surface area contributed by atoms with Crippen LogP contribution >= 0.6 is 0 Å². The predicted octanol–water partition coefficient (Wildman–Crippen LogP) is 2.01. The Labute approximate surface area is 123 Å². The van der Waals surface area contributed by atoms with Gasteiger partial charge in [0.1, 0.15) is 0 Å². The smallest absolute Gasteiger partial charge is 0.239 e. The Kier molecular flexibility index (Phi) is 4.75. The van der Waals surface area contributed by atoms with Gasteiger partial charge in [0.2, 0.25) is 5.91 Å². The molecule has 0 radical (unpaired) electrons. The van der Waals surface area contributed by atoms with Crippen LogP contribution in [-0.2, 0) is 4.79 Å². The van der Waals surface area contributed by atoms with Crippen molar-refractivity contribution in [2.75, 3.05) is 13.6 Å². The van der Waals surface area contributed by atoms with E-state index in [4.69, 9.17) is 0 Å². The molecule has 3 atom stereocenters. The van der Waals surface area contributed by atoms with Gasteiger partial charge in [-0.05, 0) is 46.5 Å². The van der Waals surface area contributed by atoms with Crippen molar-refractivity contribution in [3.05, 3.63) is 0 Å². The van der Waals surface area contributed by atoms with Crippen LogP contribution in [0.15, 0.2) is 0 Å². The zero-order valence-electron chi connectivity index (χ0n) is 13.4. The number of likely N-dealkylation sites (N-methyl/N-ethyl adjacent to an activating group) is 1. The zero-order valence-corrected chi connectivity index (χ0v) is 13.4. The molecule has 0 aromatic rings. The second-order valence-electron chi connectivity index (χ2n) is 7.02. The van der Waals surface area contributed by atoms with Crippen molar-refractivity contribution >= 4 is 5.91 Å². The lowest BCUT2D eigenvalue weighted by Gasteiger charge is -2.36. The van der Waals surface area contributed by atoms with E-state index in [0.717, 1.165) is 25.7 Å². The van der Waals surface area contributed by atoms with E-state index in [-0.39, 0.29) is 11.9 Å². The van der Waals surface area contributed by atoms with Gasteiger partial charge < -0.3 is 10.0 Å². The van der Waals surface area contributed by atoms with Gasteiger partial charge in [-0.2, -0.15) is 0 Å². The highest BCUT2D eigenvalue weighted by molar-refractivity contribution is 5.81. The zero-order chi connectivity index (χ0) is 14.9. The van der Waals surface area contributed by atoms with Crippen molar-refractivity contribution in [1.29, 1.82) is 0 Å². The second kappa shape index (κ2) is 6.02. The van der Waals surface area contributed by atoms with E-state index in [0.29, 0.717) is 18.6 Å².